The van der Waals surface area contributed by atoms with E-state index in [1.54, 1.807) is 0 Å². The fourth-order valence-electron chi connectivity index (χ4n) is 1.80. The average Bonchev–Trinajstić information content (AvgIpc) is 2.74. The zero-order valence-corrected chi connectivity index (χ0v) is 17.4. The van der Waals surface area contributed by atoms with Gasteiger partial charge in [0.15, 0.2) is 0 Å². The van der Waals surface area contributed by atoms with Gasteiger partial charge in [-0.3, -0.25) is 9.59 Å². The van der Waals surface area contributed by atoms with Gasteiger partial charge in [-0.05, 0) is 6.42 Å². The minimum Gasteiger partial charge on any atom is -0.481 e. The second kappa shape index (κ2) is 23.7. The first-order valence-corrected chi connectivity index (χ1v) is 9.61. The van der Waals surface area contributed by atoms with Crippen LogP contribution in [-0.2, 0) is 33.3 Å². The van der Waals surface area contributed by atoms with Gasteiger partial charge in [-0.15, -0.1) is 13.2 Å². The number of aliphatic carboxylic acids is 1. The van der Waals surface area contributed by atoms with E-state index < -0.39 is 30.8 Å². The molecule has 178 valence electrons. The van der Waals surface area contributed by atoms with Crippen LogP contribution < -0.4 is 0 Å². The molecule has 0 bridgehead atoms. The molecule has 2 unspecified atom stereocenters. The van der Waals surface area contributed by atoms with Gasteiger partial charge in [-0.25, -0.2) is 0 Å². The number of aliphatic hydroxyl groups is 3. The van der Waals surface area contributed by atoms with Crippen molar-refractivity contribution in [1.82, 2.24) is 0 Å². The molecule has 11 nitrogen and oxygen atoms in total. The van der Waals surface area contributed by atoms with Gasteiger partial charge in [0.1, 0.15) is 12.2 Å². The Labute approximate surface area is 177 Å². The lowest BCUT2D eigenvalue weighted by atomic mass is 10.2. The maximum Gasteiger partial charge on any atom is 0.306 e. The summed E-state index contributed by atoms with van der Waals surface area (Å²) in [6, 6.07) is 0. The molecule has 0 saturated carbocycles. The van der Waals surface area contributed by atoms with E-state index in [0.29, 0.717) is 33.0 Å². The Bertz CT molecular complexity index is 406. The second-order valence-corrected chi connectivity index (χ2v) is 5.75. The molecule has 0 aromatic rings. The first-order valence-electron chi connectivity index (χ1n) is 9.61. The van der Waals surface area contributed by atoms with E-state index in [2.05, 4.69) is 13.2 Å². The predicted molar refractivity (Wildman–Crippen MR) is 106 cm³/mol. The molecule has 0 amide bonds. The third-order valence-electron chi connectivity index (χ3n) is 3.21. The summed E-state index contributed by atoms with van der Waals surface area (Å²) < 4.78 is 25.8. The van der Waals surface area contributed by atoms with E-state index in [0.717, 1.165) is 0 Å². The van der Waals surface area contributed by atoms with Crippen LogP contribution >= 0.6 is 0 Å². The zero-order chi connectivity index (χ0) is 23.0. The molecule has 0 heterocycles. The Morgan fingerprint density at radius 3 is 1.73 bits per heavy atom. The van der Waals surface area contributed by atoms with E-state index in [9.17, 15) is 9.59 Å². The van der Waals surface area contributed by atoms with Crippen molar-refractivity contribution in [3.8, 4) is 0 Å². The molecular formula is C19H36O11. The van der Waals surface area contributed by atoms with Crippen molar-refractivity contribution < 1.29 is 53.7 Å². The third-order valence-corrected chi connectivity index (χ3v) is 3.21. The zero-order valence-electron chi connectivity index (χ0n) is 17.4. The summed E-state index contributed by atoms with van der Waals surface area (Å²) in [7, 11) is 0. The molecule has 11 heteroatoms. The van der Waals surface area contributed by atoms with E-state index in [1.165, 1.54) is 0 Å². The van der Waals surface area contributed by atoms with Crippen molar-refractivity contribution in [2.45, 2.75) is 31.5 Å². The number of carboxylic acid groups (broad SMARTS) is 1. The molecule has 30 heavy (non-hydrogen) atoms. The molecule has 0 aliphatic carbocycles. The fourth-order valence-corrected chi connectivity index (χ4v) is 1.80. The topological polar surface area (TPSA) is 161 Å². The van der Waals surface area contributed by atoms with Gasteiger partial charge < -0.3 is 44.1 Å². The Hall–Kier alpha value is -1.60. The van der Waals surface area contributed by atoms with Crippen molar-refractivity contribution in [3.63, 3.8) is 0 Å². The monoisotopic (exact) mass is 440 g/mol. The molecule has 0 rings (SSSR count). The summed E-state index contributed by atoms with van der Waals surface area (Å²) >= 11 is 0. The number of hydrogen-bond acceptors (Lipinski definition) is 10. The van der Waals surface area contributed by atoms with Gasteiger partial charge >= 0.3 is 11.9 Å². The van der Waals surface area contributed by atoms with Gasteiger partial charge in [0, 0.05) is 12.8 Å². The van der Waals surface area contributed by atoms with E-state index in [4.69, 9.17) is 44.1 Å². The largest absolute Gasteiger partial charge is 0.481 e. The van der Waals surface area contributed by atoms with Crippen LogP contribution in [0.1, 0.15) is 19.3 Å². The quantitative estimate of drug-likeness (QED) is 0.108. The van der Waals surface area contributed by atoms with Crippen LogP contribution in [0.4, 0.5) is 0 Å². The average molecular weight is 440 g/mol. The summed E-state index contributed by atoms with van der Waals surface area (Å²) in [4.78, 5) is 21.9. The van der Waals surface area contributed by atoms with E-state index >= 15 is 0 Å². The van der Waals surface area contributed by atoms with Crippen LogP contribution in [0.2, 0.25) is 0 Å². The van der Waals surface area contributed by atoms with Crippen LogP contribution in [0.25, 0.3) is 0 Å². The van der Waals surface area contributed by atoms with Crippen molar-refractivity contribution in [2.75, 3.05) is 66.1 Å². The molecule has 4 N–H and O–H groups in total. The summed E-state index contributed by atoms with van der Waals surface area (Å²) in [5.41, 5.74) is 0. The summed E-state index contributed by atoms with van der Waals surface area (Å²) in [5, 5.41) is 35.3. The van der Waals surface area contributed by atoms with Crippen LogP contribution in [0.5, 0.6) is 0 Å². The maximum atomic E-state index is 11.5. The third kappa shape index (κ3) is 22.7. The smallest absolute Gasteiger partial charge is 0.306 e. The molecule has 0 aliphatic heterocycles. The second-order valence-electron chi connectivity index (χ2n) is 5.75. The van der Waals surface area contributed by atoms with Gasteiger partial charge in [0.25, 0.3) is 0 Å². The van der Waals surface area contributed by atoms with Crippen molar-refractivity contribution in [2.24, 2.45) is 0 Å². The minimum atomic E-state index is -0.980. The maximum absolute atomic E-state index is 11.5. The highest BCUT2D eigenvalue weighted by Gasteiger charge is 2.14. The van der Waals surface area contributed by atoms with Crippen molar-refractivity contribution in [1.29, 1.82) is 0 Å². The Kier molecular flexibility index (Phi) is 24.1. The summed E-state index contributed by atoms with van der Waals surface area (Å²) in [5.74, 6) is -1.56. The van der Waals surface area contributed by atoms with E-state index in [-0.39, 0.29) is 45.7 Å². The summed E-state index contributed by atoms with van der Waals surface area (Å²) in [6.45, 7) is 7.23. The van der Waals surface area contributed by atoms with Crippen LogP contribution in [0.15, 0.2) is 13.2 Å². The molecular weight excluding hydrogens is 404 g/mol. The first-order chi connectivity index (χ1) is 14.5. The number of carboxylic acids is 1. The molecule has 0 aromatic carbocycles. The highest BCUT2D eigenvalue weighted by molar-refractivity contribution is 5.71. The van der Waals surface area contributed by atoms with Gasteiger partial charge in [0.05, 0.1) is 66.1 Å². The SMILES string of the molecule is C=C.O=C(O)CCCC(=O)OC(CO)COCCOCCOCCOCC(O)CO. The Balaban J connectivity index is 0. The standard InChI is InChI=1S/C17H32O11.C2H4/c18-10-14(20)12-26-8-6-24-4-5-25-7-9-27-13-15(11-19)28-17(23)3-1-2-16(21)22;1-2/h14-15,18-20H,1-13H2,(H,21,22);1-2H2. The van der Waals surface area contributed by atoms with Gasteiger partial charge in [-0.2, -0.15) is 0 Å². The number of carbonyl (C=O) groups excluding carboxylic acids is 1. The highest BCUT2D eigenvalue weighted by atomic mass is 16.6. The van der Waals surface area contributed by atoms with E-state index in [1.807, 2.05) is 0 Å². The Morgan fingerprint density at radius 1 is 0.767 bits per heavy atom. The highest BCUT2D eigenvalue weighted by Crippen LogP contribution is 2.01. The minimum absolute atomic E-state index is 0.0120. The Morgan fingerprint density at radius 2 is 1.27 bits per heavy atom. The number of rotatable bonds is 20. The van der Waals surface area contributed by atoms with Crippen LogP contribution in [-0.4, -0.2) is 111 Å². The lowest BCUT2D eigenvalue weighted by Crippen LogP contribution is -2.28. The lowest BCUT2D eigenvalue weighted by Gasteiger charge is -2.15. The number of ether oxygens (including phenoxy) is 5. The van der Waals surface area contributed by atoms with Crippen molar-refractivity contribution >= 4 is 11.9 Å². The van der Waals surface area contributed by atoms with Crippen molar-refractivity contribution in [3.05, 3.63) is 13.2 Å². The van der Waals surface area contributed by atoms with Crippen LogP contribution in [0, 0.1) is 0 Å². The lowest BCUT2D eigenvalue weighted by molar-refractivity contribution is -0.155. The molecule has 0 fully saturated rings. The van der Waals surface area contributed by atoms with Crippen LogP contribution in [0.3, 0.4) is 0 Å². The fraction of sp³-hybridized carbons (Fsp3) is 0.789. The molecule has 0 aromatic heterocycles. The van der Waals surface area contributed by atoms with Gasteiger partial charge in [0.2, 0.25) is 0 Å². The molecule has 0 aliphatic rings. The first kappa shape index (κ1) is 30.6. The number of aliphatic hydroxyl groups excluding tert-OH is 3. The molecule has 0 saturated heterocycles. The number of esters is 1. The summed E-state index contributed by atoms with van der Waals surface area (Å²) in [6.07, 6.45) is -1.64. The molecule has 2 atom stereocenters. The molecule has 0 radical (unpaired) electrons. The normalized spacial score (nSPS) is 12.5. The molecule has 0 spiro atoms. The van der Waals surface area contributed by atoms with Gasteiger partial charge in [-0.1, -0.05) is 0 Å². The number of hydrogen-bond donors (Lipinski definition) is 4. The predicted octanol–water partition coefficient (Wildman–Crippen LogP) is -0.633. The number of carbonyl (C=O) groups is 2.